The lowest BCUT2D eigenvalue weighted by Gasteiger charge is -2.35. The summed E-state index contributed by atoms with van der Waals surface area (Å²) in [5, 5.41) is 3.65. The maximum atomic E-state index is 2.52. The van der Waals surface area contributed by atoms with Gasteiger partial charge in [0.25, 0.3) is 0 Å². The van der Waals surface area contributed by atoms with Crippen LogP contribution in [-0.4, -0.2) is 13.6 Å². The third kappa shape index (κ3) is 3.72. The second-order valence-corrected chi connectivity index (χ2v) is 8.89. The minimum atomic E-state index is -0.154. The van der Waals surface area contributed by atoms with Crippen LogP contribution in [0.5, 0.6) is 0 Å². The van der Waals surface area contributed by atoms with E-state index in [-0.39, 0.29) is 16.3 Å². The quantitative estimate of drug-likeness (QED) is 0.533. The molecule has 0 bridgehead atoms. The first-order chi connectivity index (χ1) is 8.09. The molecule has 0 saturated heterocycles. The van der Waals surface area contributed by atoms with E-state index in [9.17, 15) is 0 Å². The first-order valence-corrected chi connectivity index (χ1v) is 7.97. The van der Waals surface area contributed by atoms with Crippen molar-refractivity contribution in [3.8, 4) is 0 Å². The Morgan fingerprint density at radius 1 is 1.00 bits per heavy atom. The lowest BCUT2D eigenvalue weighted by Crippen LogP contribution is -2.20. The third-order valence-electron chi connectivity index (χ3n) is 3.24. The monoisotopic (exact) mass is 257 g/mol. The molecule has 3 radical (unpaired) electrons. The smallest absolute Gasteiger partial charge is 0 e. The maximum absolute atomic E-state index is 2.52. The maximum Gasteiger partial charge on any atom is 0 e. The Hall–Kier alpha value is -0.545. The molecule has 1 aliphatic rings. The van der Waals surface area contributed by atoms with Crippen LogP contribution in [0.1, 0.15) is 46.5 Å². The van der Waals surface area contributed by atoms with Gasteiger partial charge >= 0.3 is 0 Å². The molecule has 1 aromatic carbocycles. The summed E-state index contributed by atoms with van der Waals surface area (Å²) in [6, 6.07) is 11.1. The number of hydrogen-bond donors (Lipinski definition) is 0. The normalized spacial score (nSPS) is 17.6. The van der Waals surface area contributed by atoms with E-state index < -0.39 is 0 Å². The van der Waals surface area contributed by atoms with Gasteiger partial charge < -0.3 is 0 Å². The van der Waals surface area contributed by atoms with E-state index in [1.54, 1.807) is 10.6 Å². The van der Waals surface area contributed by atoms with Crippen molar-refractivity contribution in [1.29, 1.82) is 0 Å². The van der Waals surface area contributed by atoms with Crippen molar-refractivity contribution in [2.75, 3.05) is 0 Å². The zero-order valence-corrected chi connectivity index (χ0v) is 12.7. The van der Waals surface area contributed by atoms with Crippen molar-refractivity contribution < 1.29 is 0 Å². The zero-order chi connectivity index (χ0) is 12.3. The fourth-order valence-corrected chi connectivity index (χ4v) is 5.72. The molecule has 0 spiro atoms. The van der Waals surface area contributed by atoms with Crippen LogP contribution < -0.4 is 5.30 Å². The van der Waals surface area contributed by atoms with E-state index >= 15 is 0 Å². The van der Waals surface area contributed by atoms with Gasteiger partial charge in [-0.1, -0.05) is 57.2 Å². The molecule has 1 unspecified atom stereocenters. The van der Waals surface area contributed by atoms with Gasteiger partial charge in [0.05, 0.1) is 0 Å². The van der Waals surface area contributed by atoms with Crippen molar-refractivity contribution in [3.63, 3.8) is 0 Å². The molecule has 0 heterocycles. The van der Waals surface area contributed by atoms with Crippen LogP contribution in [0.3, 0.4) is 0 Å². The Bertz CT molecular complexity index is 389. The van der Waals surface area contributed by atoms with Crippen LogP contribution in [0, 0.1) is 0 Å². The van der Waals surface area contributed by atoms with Crippen molar-refractivity contribution in [3.05, 3.63) is 41.7 Å². The molecule has 2 rings (SSSR count). The first kappa shape index (κ1) is 15.5. The number of hydrogen-bond acceptors (Lipinski definition) is 0. The first-order valence-electron chi connectivity index (χ1n) is 6.63. The van der Waals surface area contributed by atoms with Gasteiger partial charge in [0, 0.05) is 8.41 Å². The molecule has 18 heavy (non-hydrogen) atoms. The molecular formula is C16H23BP. The molecule has 95 valence electrons. The molecular weight excluding hydrogens is 234 g/mol. The van der Waals surface area contributed by atoms with Crippen LogP contribution in [0.2, 0.25) is 0 Å². The highest BCUT2D eigenvalue weighted by atomic mass is 31.1. The highest BCUT2D eigenvalue weighted by molar-refractivity contribution is 7.71. The number of benzene rings is 1. The highest BCUT2D eigenvalue weighted by Crippen LogP contribution is 2.57. The fourth-order valence-electron chi connectivity index (χ4n) is 2.59. The molecule has 0 nitrogen and oxygen atoms in total. The van der Waals surface area contributed by atoms with Crippen LogP contribution in [0.25, 0.3) is 0 Å². The van der Waals surface area contributed by atoms with Gasteiger partial charge in [0.2, 0.25) is 0 Å². The van der Waals surface area contributed by atoms with Gasteiger partial charge in [-0.05, 0) is 49.4 Å². The molecule has 0 saturated carbocycles. The lowest BCUT2D eigenvalue weighted by molar-refractivity contribution is 0.714. The van der Waals surface area contributed by atoms with Gasteiger partial charge in [0.1, 0.15) is 0 Å². The minimum absolute atomic E-state index is 0. The summed E-state index contributed by atoms with van der Waals surface area (Å²) < 4.78 is 0. The van der Waals surface area contributed by atoms with Gasteiger partial charge in [-0.3, -0.25) is 0 Å². The molecule has 0 fully saturated rings. The predicted molar refractivity (Wildman–Crippen MR) is 85.1 cm³/mol. The van der Waals surface area contributed by atoms with E-state index in [0.29, 0.717) is 5.16 Å². The third-order valence-corrected chi connectivity index (χ3v) is 6.38. The molecule has 0 amide bonds. The van der Waals surface area contributed by atoms with Crippen molar-refractivity contribution >= 4 is 21.6 Å². The van der Waals surface area contributed by atoms with E-state index in [1.807, 2.05) is 0 Å². The SMILES string of the molecule is CC(C)(C)P(C1=CCCCC1)c1ccccc1.[B]. The fraction of sp³-hybridized carbons (Fsp3) is 0.500. The summed E-state index contributed by atoms with van der Waals surface area (Å²) in [7, 11) is -0.154. The Balaban J connectivity index is 0.00000162. The van der Waals surface area contributed by atoms with Gasteiger partial charge in [-0.2, -0.15) is 0 Å². The summed E-state index contributed by atoms with van der Waals surface area (Å²) in [5.74, 6) is 0. The van der Waals surface area contributed by atoms with E-state index in [0.717, 1.165) is 0 Å². The molecule has 0 aliphatic heterocycles. The van der Waals surface area contributed by atoms with Crippen LogP contribution in [0.4, 0.5) is 0 Å². The summed E-state index contributed by atoms with van der Waals surface area (Å²) in [5.41, 5.74) is 0. The topological polar surface area (TPSA) is 0 Å². The minimum Gasteiger partial charge on any atom is -0.0805 e. The Morgan fingerprint density at radius 3 is 2.17 bits per heavy atom. The summed E-state index contributed by atoms with van der Waals surface area (Å²) >= 11 is 0. The molecule has 2 heteroatoms. The number of rotatable bonds is 2. The Labute approximate surface area is 115 Å². The summed E-state index contributed by atoms with van der Waals surface area (Å²) in [6.07, 6.45) is 7.89. The van der Waals surface area contributed by atoms with Gasteiger partial charge in [-0.25, -0.2) is 0 Å². The van der Waals surface area contributed by atoms with E-state index in [2.05, 4.69) is 57.2 Å². The molecule has 1 aromatic rings. The Morgan fingerprint density at radius 2 is 1.67 bits per heavy atom. The average Bonchev–Trinajstić information content (AvgIpc) is 2.30. The second-order valence-electron chi connectivity index (χ2n) is 5.78. The number of allylic oxidation sites excluding steroid dienone is 2. The Kier molecular flexibility index (Phi) is 5.66. The van der Waals surface area contributed by atoms with Gasteiger partial charge in [0.15, 0.2) is 0 Å². The molecule has 0 aromatic heterocycles. The van der Waals surface area contributed by atoms with E-state index in [1.165, 1.54) is 25.7 Å². The van der Waals surface area contributed by atoms with Crippen molar-refractivity contribution in [1.82, 2.24) is 0 Å². The molecule has 1 aliphatic carbocycles. The van der Waals surface area contributed by atoms with Gasteiger partial charge in [-0.15, -0.1) is 0 Å². The molecule has 0 N–H and O–H groups in total. The largest absolute Gasteiger partial charge is 0.0805 e. The molecule has 1 atom stereocenters. The zero-order valence-electron chi connectivity index (χ0n) is 11.8. The standard InChI is InChI=1S/C16H23P.B/c1-16(2,3)17(14-10-6-4-7-11-14)15-12-8-5-9-13-15;/h4,6-7,10-12H,5,8-9,13H2,1-3H3;. The van der Waals surface area contributed by atoms with Crippen molar-refractivity contribution in [2.24, 2.45) is 0 Å². The average molecular weight is 257 g/mol. The van der Waals surface area contributed by atoms with Crippen LogP contribution >= 0.6 is 7.92 Å². The summed E-state index contributed by atoms with van der Waals surface area (Å²) in [6.45, 7) is 7.17. The summed E-state index contributed by atoms with van der Waals surface area (Å²) in [4.78, 5) is 0. The van der Waals surface area contributed by atoms with Crippen molar-refractivity contribution in [2.45, 2.75) is 51.6 Å². The lowest BCUT2D eigenvalue weighted by atomic mass is 10.1. The van der Waals surface area contributed by atoms with E-state index in [4.69, 9.17) is 0 Å². The highest BCUT2D eigenvalue weighted by Gasteiger charge is 2.29. The predicted octanol–water partition coefficient (Wildman–Crippen LogP) is 4.67. The van der Waals surface area contributed by atoms with Crippen LogP contribution in [-0.2, 0) is 0 Å². The second kappa shape index (κ2) is 6.57. The van der Waals surface area contributed by atoms with Crippen LogP contribution in [0.15, 0.2) is 41.7 Å².